The van der Waals surface area contributed by atoms with E-state index in [-0.39, 0.29) is 5.84 Å². The van der Waals surface area contributed by atoms with Crippen LogP contribution in [0.2, 0.25) is 5.02 Å². The van der Waals surface area contributed by atoms with Gasteiger partial charge in [-0.1, -0.05) is 23.7 Å². The zero-order valence-electron chi connectivity index (χ0n) is 10.5. The SMILES string of the molecule is Cc1ccc(C(=N)N)cc1OCc1ccncc1Cl. The van der Waals surface area contributed by atoms with Crippen molar-refractivity contribution in [2.24, 2.45) is 5.73 Å². The maximum Gasteiger partial charge on any atom is 0.123 e. The highest BCUT2D eigenvalue weighted by atomic mass is 35.5. The Bertz CT molecular complexity index is 613. The molecule has 19 heavy (non-hydrogen) atoms. The molecule has 0 fully saturated rings. The summed E-state index contributed by atoms with van der Waals surface area (Å²) in [4.78, 5) is 3.92. The third-order valence-electron chi connectivity index (χ3n) is 2.74. The normalized spacial score (nSPS) is 10.2. The predicted octanol–water partition coefficient (Wildman–Crippen LogP) is 2.91. The van der Waals surface area contributed by atoms with Crippen molar-refractivity contribution in [2.75, 3.05) is 0 Å². The van der Waals surface area contributed by atoms with Crippen LogP contribution in [0, 0.1) is 12.3 Å². The Labute approximate surface area is 116 Å². The Kier molecular flexibility index (Phi) is 4.02. The molecule has 4 nitrogen and oxygen atoms in total. The smallest absolute Gasteiger partial charge is 0.123 e. The highest BCUT2D eigenvalue weighted by molar-refractivity contribution is 6.31. The summed E-state index contributed by atoms with van der Waals surface area (Å²) in [6.45, 7) is 2.29. The fourth-order valence-electron chi connectivity index (χ4n) is 1.60. The largest absolute Gasteiger partial charge is 0.489 e. The minimum atomic E-state index is 0.0202. The summed E-state index contributed by atoms with van der Waals surface area (Å²) in [5.74, 6) is 0.715. The molecule has 0 amide bonds. The number of hydrogen-bond donors (Lipinski definition) is 2. The number of aryl methyl sites for hydroxylation is 1. The van der Waals surface area contributed by atoms with Crippen LogP contribution in [-0.4, -0.2) is 10.8 Å². The second-order valence-corrected chi connectivity index (χ2v) is 4.56. The molecule has 0 aliphatic carbocycles. The van der Waals surface area contributed by atoms with Crippen LogP contribution in [-0.2, 0) is 6.61 Å². The van der Waals surface area contributed by atoms with E-state index in [1.54, 1.807) is 24.5 Å². The number of nitrogen functional groups attached to an aromatic ring is 1. The van der Waals surface area contributed by atoms with Gasteiger partial charge >= 0.3 is 0 Å². The summed E-state index contributed by atoms with van der Waals surface area (Å²) >= 11 is 6.02. The Hall–Kier alpha value is -2.07. The molecule has 98 valence electrons. The van der Waals surface area contributed by atoms with E-state index in [0.717, 1.165) is 11.1 Å². The molecular formula is C14H14ClN3O. The maximum absolute atomic E-state index is 7.43. The quantitative estimate of drug-likeness (QED) is 0.666. The molecule has 0 aliphatic heterocycles. The van der Waals surface area contributed by atoms with Crippen molar-refractivity contribution < 1.29 is 4.74 Å². The van der Waals surface area contributed by atoms with Gasteiger partial charge in [0.25, 0.3) is 0 Å². The fraction of sp³-hybridized carbons (Fsp3) is 0.143. The zero-order valence-corrected chi connectivity index (χ0v) is 11.2. The number of amidine groups is 1. The van der Waals surface area contributed by atoms with Gasteiger partial charge in [0.1, 0.15) is 18.2 Å². The van der Waals surface area contributed by atoms with Gasteiger partial charge in [-0.2, -0.15) is 0 Å². The number of nitrogens with zero attached hydrogens (tertiary/aromatic N) is 1. The Morgan fingerprint density at radius 2 is 2.21 bits per heavy atom. The van der Waals surface area contributed by atoms with E-state index in [1.165, 1.54) is 0 Å². The van der Waals surface area contributed by atoms with Crippen LogP contribution >= 0.6 is 11.6 Å². The van der Waals surface area contributed by atoms with Gasteiger partial charge in [-0.15, -0.1) is 0 Å². The molecule has 0 bridgehead atoms. The molecule has 0 aliphatic rings. The third kappa shape index (κ3) is 3.23. The number of rotatable bonds is 4. The first kappa shape index (κ1) is 13.4. The molecule has 0 unspecified atom stereocenters. The number of nitrogens with two attached hydrogens (primary N) is 1. The van der Waals surface area contributed by atoms with E-state index in [1.807, 2.05) is 19.1 Å². The lowest BCUT2D eigenvalue weighted by Crippen LogP contribution is -2.11. The lowest BCUT2D eigenvalue weighted by molar-refractivity contribution is 0.304. The van der Waals surface area contributed by atoms with Gasteiger partial charge in [-0.05, 0) is 24.6 Å². The van der Waals surface area contributed by atoms with Crippen molar-refractivity contribution in [3.63, 3.8) is 0 Å². The molecule has 2 rings (SSSR count). The molecule has 0 spiro atoms. The van der Waals surface area contributed by atoms with Gasteiger partial charge in [0.05, 0.1) is 5.02 Å². The van der Waals surface area contributed by atoms with E-state index < -0.39 is 0 Å². The van der Waals surface area contributed by atoms with Crippen molar-refractivity contribution in [3.8, 4) is 5.75 Å². The van der Waals surface area contributed by atoms with E-state index in [9.17, 15) is 0 Å². The molecule has 0 atom stereocenters. The summed E-state index contributed by atoms with van der Waals surface area (Å²) in [5, 5.41) is 8.00. The Morgan fingerprint density at radius 1 is 1.42 bits per heavy atom. The maximum atomic E-state index is 7.43. The monoisotopic (exact) mass is 275 g/mol. The van der Waals surface area contributed by atoms with Crippen LogP contribution in [0.25, 0.3) is 0 Å². The lowest BCUT2D eigenvalue weighted by Gasteiger charge is -2.11. The highest BCUT2D eigenvalue weighted by Gasteiger charge is 2.06. The first-order valence-electron chi connectivity index (χ1n) is 5.74. The minimum absolute atomic E-state index is 0.0202. The van der Waals surface area contributed by atoms with E-state index in [0.29, 0.717) is 22.9 Å². The predicted molar refractivity (Wildman–Crippen MR) is 75.8 cm³/mol. The van der Waals surface area contributed by atoms with Gasteiger partial charge in [0.15, 0.2) is 0 Å². The minimum Gasteiger partial charge on any atom is -0.489 e. The lowest BCUT2D eigenvalue weighted by atomic mass is 10.1. The van der Waals surface area contributed by atoms with E-state index >= 15 is 0 Å². The number of aromatic nitrogens is 1. The summed E-state index contributed by atoms with van der Waals surface area (Å²) in [5.41, 5.74) is 7.95. The van der Waals surface area contributed by atoms with Gasteiger partial charge in [-0.3, -0.25) is 10.4 Å². The average molecular weight is 276 g/mol. The molecule has 1 aromatic heterocycles. The summed E-state index contributed by atoms with van der Waals surface area (Å²) in [6, 6.07) is 7.24. The molecule has 1 aromatic carbocycles. The number of ether oxygens (including phenoxy) is 1. The van der Waals surface area contributed by atoms with E-state index in [4.69, 9.17) is 27.5 Å². The zero-order chi connectivity index (χ0) is 13.8. The third-order valence-corrected chi connectivity index (χ3v) is 3.08. The van der Waals surface area contributed by atoms with Crippen LogP contribution in [0.5, 0.6) is 5.75 Å². The molecule has 3 N–H and O–H groups in total. The van der Waals surface area contributed by atoms with Crippen molar-refractivity contribution >= 4 is 17.4 Å². The number of hydrogen-bond acceptors (Lipinski definition) is 3. The van der Waals surface area contributed by atoms with Gasteiger partial charge in [-0.25, -0.2) is 0 Å². The van der Waals surface area contributed by atoms with E-state index in [2.05, 4.69) is 4.98 Å². The van der Waals surface area contributed by atoms with Crippen molar-refractivity contribution in [1.82, 2.24) is 4.98 Å². The van der Waals surface area contributed by atoms with Gasteiger partial charge in [0.2, 0.25) is 0 Å². The number of nitrogens with one attached hydrogen (secondary N) is 1. The van der Waals surface area contributed by atoms with Crippen LogP contribution in [0.1, 0.15) is 16.7 Å². The van der Waals surface area contributed by atoms with Crippen LogP contribution in [0.3, 0.4) is 0 Å². The highest BCUT2D eigenvalue weighted by Crippen LogP contribution is 2.22. The topological polar surface area (TPSA) is 72.0 Å². The fourth-order valence-corrected chi connectivity index (χ4v) is 1.77. The second kappa shape index (κ2) is 5.71. The molecule has 2 aromatic rings. The molecule has 1 heterocycles. The molecule has 0 saturated carbocycles. The first-order valence-corrected chi connectivity index (χ1v) is 6.12. The Morgan fingerprint density at radius 3 is 2.89 bits per heavy atom. The van der Waals surface area contributed by atoms with Gasteiger partial charge in [0, 0.05) is 23.5 Å². The molecule has 0 saturated heterocycles. The number of halogens is 1. The summed E-state index contributed by atoms with van der Waals surface area (Å²) in [6.07, 6.45) is 3.25. The number of benzene rings is 1. The average Bonchev–Trinajstić information content (AvgIpc) is 2.39. The van der Waals surface area contributed by atoms with Crippen LogP contribution in [0.15, 0.2) is 36.7 Å². The van der Waals surface area contributed by atoms with Crippen molar-refractivity contribution in [2.45, 2.75) is 13.5 Å². The van der Waals surface area contributed by atoms with Crippen molar-refractivity contribution in [1.29, 1.82) is 5.41 Å². The summed E-state index contributed by atoms with van der Waals surface area (Å²) < 4.78 is 5.73. The summed E-state index contributed by atoms with van der Waals surface area (Å²) in [7, 11) is 0. The number of pyridine rings is 1. The first-order chi connectivity index (χ1) is 9.08. The Balaban J connectivity index is 2.17. The molecule has 0 radical (unpaired) electrons. The van der Waals surface area contributed by atoms with Crippen LogP contribution in [0.4, 0.5) is 0 Å². The van der Waals surface area contributed by atoms with Crippen molar-refractivity contribution in [3.05, 3.63) is 58.4 Å². The standard InChI is InChI=1S/C14H14ClN3O/c1-9-2-3-10(14(16)17)6-13(9)19-8-11-4-5-18-7-12(11)15/h2-7H,8H2,1H3,(H3,16,17). The second-order valence-electron chi connectivity index (χ2n) is 4.15. The van der Waals surface area contributed by atoms with Crippen LogP contribution < -0.4 is 10.5 Å². The van der Waals surface area contributed by atoms with Gasteiger partial charge < -0.3 is 10.5 Å². The molecule has 5 heteroatoms. The molecular weight excluding hydrogens is 262 g/mol.